The number of carbonyl (C=O) groups excluding carboxylic acids is 1. The molecule has 0 bridgehead atoms. The second kappa shape index (κ2) is 5.18. The van der Waals surface area contributed by atoms with Gasteiger partial charge in [-0.05, 0) is 31.9 Å². The molecule has 0 aliphatic carbocycles. The Bertz CT molecular complexity index is 596. The summed E-state index contributed by atoms with van der Waals surface area (Å²) in [7, 11) is 1.49. The van der Waals surface area contributed by atoms with Gasteiger partial charge in [-0.25, -0.2) is 9.97 Å². The average Bonchev–Trinajstić information content (AvgIpc) is 2.37. The van der Waals surface area contributed by atoms with Gasteiger partial charge in [-0.1, -0.05) is 17.7 Å². The lowest BCUT2D eigenvalue weighted by atomic mass is 9.94. The van der Waals surface area contributed by atoms with Crippen molar-refractivity contribution in [2.45, 2.75) is 20.8 Å². The van der Waals surface area contributed by atoms with Crippen LogP contribution in [0.3, 0.4) is 0 Å². The molecule has 0 spiro atoms. The fraction of sp³-hybridized carbons (Fsp3) is 0.267. The molecular formula is C15H16N2O2. The molecule has 0 radical (unpaired) electrons. The maximum absolute atomic E-state index is 12.5. The van der Waals surface area contributed by atoms with Crippen LogP contribution in [0.2, 0.25) is 0 Å². The highest BCUT2D eigenvalue weighted by molar-refractivity contribution is 6.10. The highest BCUT2D eigenvalue weighted by Crippen LogP contribution is 2.20. The third-order valence-electron chi connectivity index (χ3n) is 2.98. The van der Waals surface area contributed by atoms with Crippen molar-refractivity contribution in [1.29, 1.82) is 0 Å². The number of hydrogen-bond donors (Lipinski definition) is 0. The van der Waals surface area contributed by atoms with Crippen LogP contribution in [0, 0.1) is 20.8 Å². The Labute approximate surface area is 112 Å². The Kier molecular flexibility index (Phi) is 3.60. The molecule has 0 N–H and O–H groups in total. The van der Waals surface area contributed by atoms with Crippen LogP contribution in [-0.4, -0.2) is 22.9 Å². The number of nitrogens with zero attached hydrogens (tertiary/aromatic N) is 2. The largest absolute Gasteiger partial charge is 0.467 e. The third kappa shape index (κ3) is 2.62. The summed E-state index contributed by atoms with van der Waals surface area (Å²) in [6.07, 6.45) is 2.99. The molecule has 4 nitrogen and oxygen atoms in total. The van der Waals surface area contributed by atoms with Crippen molar-refractivity contribution in [3.63, 3.8) is 0 Å². The lowest BCUT2D eigenvalue weighted by molar-refractivity contribution is 0.103. The van der Waals surface area contributed by atoms with Crippen LogP contribution >= 0.6 is 0 Å². The molecule has 19 heavy (non-hydrogen) atoms. The Morgan fingerprint density at radius 1 is 1.05 bits per heavy atom. The fourth-order valence-corrected chi connectivity index (χ4v) is 2.22. The van der Waals surface area contributed by atoms with Crippen LogP contribution in [-0.2, 0) is 0 Å². The molecule has 4 heteroatoms. The van der Waals surface area contributed by atoms with Gasteiger partial charge in [0.25, 0.3) is 0 Å². The van der Waals surface area contributed by atoms with Crippen LogP contribution in [0.1, 0.15) is 32.6 Å². The monoisotopic (exact) mass is 256 g/mol. The molecule has 1 heterocycles. The number of ketones is 1. The topological polar surface area (TPSA) is 52.1 Å². The zero-order chi connectivity index (χ0) is 14.0. The minimum absolute atomic E-state index is 0.0577. The van der Waals surface area contributed by atoms with Crippen LogP contribution in [0.15, 0.2) is 24.5 Å². The van der Waals surface area contributed by atoms with Gasteiger partial charge in [-0.3, -0.25) is 4.79 Å². The summed E-state index contributed by atoms with van der Waals surface area (Å²) in [6, 6.07) is 4.27. The van der Waals surface area contributed by atoms with Crippen molar-refractivity contribution in [3.8, 4) is 6.01 Å². The molecule has 0 atom stereocenters. The van der Waals surface area contributed by atoms with Gasteiger partial charge >= 0.3 is 6.01 Å². The molecule has 1 aromatic heterocycles. The summed E-state index contributed by atoms with van der Waals surface area (Å²) >= 11 is 0. The van der Waals surface area contributed by atoms with Crippen LogP contribution in [0.4, 0.5) is 0 Å². The van der Waals surface area contributed by atoms with E-state index in [4.69, 9.17) is 4.74 Å². The van der Waals surface area contributed by atoms with Crippen molar-refractivity contribution in [2.24, 2.45) is 0 Å². The Morgan fingerprint density at radius 2 is 1.58 bits per heavy atom. The number of carbonyl (C=O) groups is 1. The first-order chi connectivity index (χ1) is 9.02. The highest BCUT2D eigenvalue weighted by atomic mass is 16.5. The minimum atomic E-state index is -0.0577. The number of benzene rings is 1. The van der Waals surface area contributed by atoms with Gasteiger partial charge in [0, 0.05) is 18.0 Å². The first kappa shape index (κ1) is 13.2. The van der Waals surface area contributed by atoms with E-state index >= 15 is 0 Å². The zero-order valence-electron chi connectivity index (χ0n) is 11.5. The van der Waals surface area contributed by atoms with E-state index in [2.05, 4.69) is 9.97 Å². The number of hydrogen-bond acceptors (Lipinski definition) is 4. The SMILES string of the molecule is COc1ncc(C(=O)c2c(C)cc(C)cc2C)cn1. The molecule has 2 rings (SSSR count). The van der Waals surface area contributed by atoms with Gasteiger partial charge in [0.2, 0.25) is 0 Å². The molecule has 0 saturated heterocycles. The van der Waals surface area contributed by atoms with E-state index in [0.29, 0.717) is 5.56 Å². The third-order valence-corrected chi connectivity index (χ3v) is 2.98. The number of rotatable bonds is 3. The molecule has 2 aromatic rings. The molecule has 1 aromatic carbocycles. The minimum Gasteiger partial charge on any atom is -0.467 e. The van der Waals surface area contributed by atoms with Crippen molar-refractivity contribution >= 4 is 5.78 Å². The Balaban J connectivity index is 2.44. The van der Waals surface area contributed by atoms with Crippen molar-refractivity contribution < 1.29 is 9.53 Å². The zero-order valence-corrected chi connectivity index (χ0v) is 11.5. The molecule has 0 unspecified atom stereocenters. The predicted octanol–water partition coefficient (Wildman–Crippen LogP) is 2.64. The molecule has 0 aliphatic heterocycles. The van der Waals surface area contributed by atoms with Gasteiger partial charge in [0.1, 0.15) is 0 Å². The maximum atomic E-state index is 12.5. The highest BCUT2D eigenvalue weighted by Gasteiger charge is 2.15. The normalized spacial score (nSPS) is 10.3. The summed E-state index contributed by atoms with van der Waals surface area (Å²) in [6.45, 7) is 5.90. The van der Waals surface area contributed by atoms with E-state index < -0.39 is 0 Å². The number of methoxy groups -OCH3 is 1. The molecule has 0 fully saturated rings. The molecular weight excluding hydrogens is 240 g/mol. The summed E-state index contributed by atoms with van der Waals surface area (Å²) in [4.78, 5) is 20.4. The molecule has 0 saturated carbocycles. The quantitative estimate of drug-likeness (QED) is 0.792. The number of aryl methyl sites for hydroxylation is 3. The van der Waals surface area contributed by atoms with E-state index in [-0.39, 0.29) is 11.8 Å². The van der Waals surface area contributed by atoms with Crippen LogP contribution in [0.25, 0.3) is 0 Å². The lowest BCUT2D eigenvalue weighted by Crippen LogP contribution is -2.08. The first-order valence-electron chi connectivity index (χ1n) is 6.01. The van der Waals surface area contributed by atoms with Crippen LogP contribution in [0.5, 0.6) is 6.01 Å². The number of ether oxygens (including phenoxy) is 1. The second-order valence-electron chi connectivity index (χ2n) is 4.56. The summed E-state index contributed by atoms with van der Waals surface area (Å²) in [5.74, 6) is -0.0577. The standard InChI is InChI=1S/C15H16N2O2/c1-9-5-10(2)13(11(3)6-9)14(18)12-7-16-15(19-4)17-8-12/h5-8H,1-4H3. The molecule has 98 valence electrons. The van der Waals surface area contributed by atoms with Gasteiger partial charge in [0.15, 0.2) is 5.78 Å². The van der Waals surface area contributed by atoms with Crippen molar-refractivity contribution in [3.05, 3.63) is 52.3 Å². The van der Waals surface area contributed by atoms with E-state index in [0.717, 1.165) is 22.3 Å². The average molecular weight is 256 g/mol. The molecule has 0 aliphatic rings. The maximum Gasteiger partial charge on any atom is 0.316 e. The van der Waals surface area contributed by atoms with E-state index in [1.54, 1.807) is 0 Å². The second-order valence-corrected chi connectivity index (χ2v) is 4.56. The van der Waals surface area contributed by atoms with E-state index in [1.807, 2.05) is 32.9 Å². The summed E-state index contributed by atoms with van der Waals surface area (Å²) in [5.41, 5.74) is 4.28. The Hall–Kier alpha value is -2.23. The summed E-state index contributed by atoms with van der Waals surface area (Å²) < 4.78 is 4.88. The smallest absolute Gasteiger partial charge is 0.316 e. The first-order valence-corrected chi connectivity index (χ1v) is 6.01. The van der Waals surface area contributed by atoms with Gasteiger partial charge in [-0.15, -0.1) is 0 Å². The lowest BCUT2D eigenvalue weighted by Gasteiger charge is -2.10. The van der Waals surface area contributed by atoms with Gasteiger partial charge < -0.3 is 4.74 Å². The van der Waals surface area contributed by atoms with Crippen molar-refractivity contribution in [2.75, 3.05) is 7.11 Å². The van der Waals surface area contributed by atoms with Crippen molar-refractivity contribution in [1.82, 2.24) is 9.97 Å². The van der Waals surface area contributed by atoms with Gasteiger partial charge in [-0.2, -0.15) is 0 Å². The predicted molar refractivity (Wildman–Crippen MR) is 72.7 cm³/mol. The summed E-state index contributed by atoms with van der Waals surface area (Å²) in [5, 5.41) is 0. The van der Waals surface area contributed by atoms with E-state index in [9.17, 15) is 4.79 Å². The molecule has 0 amide bonds. The van der Waals surface area contributed by atoms with Crippen LogP contribution < -0.4 is 4.74 Å². The van der Waals surface area contributed by atoms with E-state index in [1.165, 1.54) is 19.5 Å². The van der Waals surface area contributed by atoms with Gasteiger partial charge in [0.05, 0.1) is 12.7 Å². The fourth-order valence-electron chi connectivity index (χ4n) is 2.22. The number of aromatic nitrogens is 2. The Morgan fingerprint density at radius 3 is 2.05 bits per heavy atom.